The number of aliphatic carboxylic acids is 1. The molecule has 0 aromatic heterocycles. The first-order chi connectivity index (χ1) is 15.7. The largest absolute Gasteiger partial charge is 0.481 e. The van der Waals surface area contributed by atoms with E-state index in [4.69, 9.17) is 16.2 Å². The average molecular weight is 453 g/mol. The van der Waals surface area contributed by atoms with E-state index in [0.717, 1.165) is 5.56 Å². The fourth-order valence-electron chi connectivity index (χ4n) is 2.93. The van der Waals surface area contributed by atoms with Crippen molar-refractivity contribution in [2.75, 3.05) is 11.9 Å². The van der Waals surface area contributed by atoms with Crippen LogP contribution in [-0.4, -0.2) is 47.2 Å². The molecule has 174 valence electrons. The first-order valence-electron chi connectivity index (χ1n) is 10.3. The molecule has 0 spiro atoms. The van der Waals surface area contributed by atoms with Crippen LogP contribution in [0.4, 0.5) is 5.69 Å². The lowest BCUT2D eigenvalue weighted by molar-refractivity contribution is -0.140. The number of benzene rings is 2. The number of carboxylic acid groups (broad SMARTS) is 1. The van der Waals surface area contributed by atoms with Crippen molar-refractivity contribution in [1.29, 1.82) is 5.41 Å². The molecule has 0 aliphatic rings. The molecule has 0 fully saturated rings. The molecule has 0 saturated heterocycles. The van der Waals surface area contributed by atoms with E-state index in [2.05, 4.69) is 16.0 Å². The third-order valence-electron chi connectivity index (χ3n) is 4.64. The minimum Gasteiger partial charge on any atom is -0.481 e. The number of carbonyl (C=O) groups excluding carboxylic acids is 3. The Morgan fingerprint density at radius 2 is 1.58 bits per heavy atom. The van der Waals surface area contributed by atoms with Crippen LogP contribution in [0.1, 0.15) is 30.4 Å². The van der Waals surface area contributed by atoms with Gasteiger partial charge in [0, 0.05) is 30.6 Å². The summed E-state index contributed by atoms with van der Waals surface area (Å²) in [6.07, 6.45) is -0.383. The van der Waals surface area contributed by atoms with Gasteiger partial charge in [-0.1, -0.05) is 30.3 Å². The third-order valence-corrected chi connectivity index (χ3v) is 4.64. The highest BCUT2D eigenvalue weighted by molar-refractivity contribution is 5.97. The molecule has 0 radical (unpaired) electrons. The average Bonchev–Trinajstić information content (AvgIpc) is 2.78. The molecule has 0 heterocycles. The molecule has 2 aromatic carbocycles. The van der Waals surface area contributed by atoms with Gasteiger partial charge < -0.3 is 26.8 Å². The molecule has 2 rings (SSSR count). The van der Waals surface area contributed by atoms with Crippen LogP contribution in [0.2, 0.25) is 0 Å². The molecule has 0 aliphatic carbocycles. The Kier molecular flexibility index (Phi) is 9.56. The van der Waals surface area contributed by atoms with Crippen molar-refractivity contribution in [3.63, 3.8) is 0 Å². The zero-order valence-corrected chi connectivity index (χ0v) is 18.0. The van der Waals surface area contributed by atoms with Crippen molar-refractivity contribution in [3.8, 4) is 0 Å². The molecule has 1 unspecified atom stereocenters. The van der Waals surface area contributed by atoms with Crippen molar-refractivity contribution in [2.45, 2.75) is 31.7 Å². The summed E-state index contributed by atoms with van der Waals surface area (Å²) in [5.41, 5.74) is 7.38. The molecule has 10 heteroatoms. The van der Waals surface area contributed by atoms with Gasteiger partial charge in [0.2, 0.25) is 17.7 Å². The minimum absolute atomic E-state index is 0.0930. The lowest BCUT2D eigenvalue weighted by atomic mass is 10.1. The van der Waals surface area contributed by atoms with Crippen molar-refractivity contribution >= 4 is 35.2 Å². The summed E-state index contributed by atoms with van der Waals surface area (Å²) in [5.74, 6) is -2.96. The Balaban J connectivity index is 1.80. The van der Waals surface area contributed by atoms with Crippen molar-refractivity contribution in [1.82, 2.24) is 10.6 Å². The Hall–Kier alpha value is -4.21. The number of amidine groups is 1. The van der Waals surface area contributed by atoms with Crippen LogP contribution < -0.4 is 21.7 Å². The highest BCUT2D eigenvalue weighted by atomic mass is 16.4. The first kappa shape index (κ1) is 25.1. The number of nitrogens with two attached hydrogens (primary N) is 1. The summed E-state index contributed by atoms with van der Waals surface area (Å²) in [6, 6.07) is 14.5. The van der Waals surface area contributed by atoms with Gasteiger partial charge in [0.15, 0.2) is 0 Å². The lowest BCUT2D eigenvalue weighted by Gasteiger charge is -2.17. The van der Waals surface area contributed by atoms with Gasteiger partial charge in [-0.3, -0.25) is 24.6 Å². The number of rotatable bonds is 12. The topological polar surface area (TPSA) is 174 Å². The van der Waals surface area contributed by atoms with Gasteiger partial charge in [0.25, 0.3) is 0 Å². The molecule has 0 aliphatic heterocycles. The highest BCUT2D eigenvalue weighted by Crippen LogP contribution is 2.10. The monoisotopic (exact) mass is 453 g/mol. The summed E-state index contributed by atoms with van der Waals surface area (Å²) >= 11 is 0. The molecule has 33 heavy (non-hydrogen) atoms. The van der Waals surface area contributed by atoms with Gasteiger partial charge in [-0.25, -0.2) is 0 Å². The molecule has 2 aromatic rings. The molecule has 0 saturated carbocycles. The minimum atomic E-state index is -1.24. The predicted molar refractivity (Wildman–Crippen MR) is 123 cm³/mol. The summed E-state index contributed by atoms with van der Waals surface area (Å²) in [7, 11) is 0. The first-order valence-corrected chi connectivity index (χ1v) is 10.3. The highest BCUT2D eigenvalue weighted by Gasteiger charge is 2.23. The second kappa shape index (κ2) is 12.6. The fraction of sp³-hybridized carbons (Fsp3) is 0.261. The Bertz CT molecular complexity index is 992. The Morgan fingerprint density at radius 1 is 0.939 bits per heavy atom. The van der Waals surface area contributed by atoms with E-state index in [1.165, 1.54) is 0 Å². The smallest absolute Gasteiger partial charge is 0.305 e. The molecule has 0 bridgehead atoms. The maximum atomic E-state index is 12.4. The lowest BCUT2D eigenvalue weighted by Crippen LogP contribution is -2.48. The molecular weight excluding hydrogens is 426 g/mol. The zero-order chi connectivity index (χ0) is 24.2. The van der Waals surface area contributed by atoms with Gasteiger partial charge in [-0.15, -0.1) is 0 Å². The number of carbonyl (C=O) groups is 4. The summed E-state index contributed by atoms with van der Waals surface area (Å²) in [6.45, 7) is 0.291. The summed E-state index contributed by atoms with van der Waals surface area (Å²) in [4.78, 5) is 47.8. The van der Waals surface area contributed by atoms with E-state index in [-0.39, 0.29) is 18.7 Å². The standard InChI is InChI=1S/C23H27N5O5/c24-22(25)16-6-8-17(9-7-16)27-19(29)10-11-20(30)28-18(14-21(31)32)23(33)26-13-12-15-4-2-1-3-5-15/h1-9,18H,10-14H2,(H3,24,25)(H,26,33)(H,27,29)(H,28,30)(H,31,32). The number of nitrogen functional groups attached to an aromatic ring is 1. The number of anilines is 1. The van der Waals surface area contributed by atoms with E-state index in [9.17, 15) is 19.2 Å². The van der Waals surface area contributed by atoms with Crippen LogP contribution in [-0.2, 0) is 25.6 Å². The van der Waals surface area contributed by atoms with Crippen LogP contribution in [0.5, 0.6) is 0 Å². The SMILES string of the molecule is N=C(N)c1ccc(NC(=O)CCC(=O)NC(CC(=O)O)C(=O)NCCc2ccccc2)cc1. The Morgan fingerprint density at radius 3 is 2.18 bits per heavy atom. The normalized spacial score (nSPS) is 11.2. The van der Waals surface area contributed by atoms with Crippen molar-refractivity contribution < 1.29 is 24.3 Å². The van der Waals surface area contributed by atoms with Crippen LogP contribution in [0.3, 0.4) is 0 Å². The van der Waals surface area contributed by atoms with E-state index in [0.29, 0.717) is 24.2 Å². The molecule has 7 N–H and O–H groups in total. The Labute approximate surface area is 191 Å². The second-order valence-electron chi connectivity index (χ2n) is 7.28. The van der Waals surface area contributed by atoms with Gasteiger partial charge >= 0.3 is 5.97 Å². The predicted octanol–water partition coefficient (Wildman–Crippen LogP) is 1.01. The number of nitrogens with one attached hydrogen (secondary N) is 4. The summed E-state index contributed by atoms with van der Waals surface area (Å²) < 4.78 is 0. The molecule has 10 nitrogen and oxygen atoms in total. The van der Waals surface area contributed by atoms with Crippen molar-refractivity contribution in [3.05, 3.63) is 65.7 Å². The van der Waals surface area contributed by atoms with Crippen LogP contribution >= 0.6 is 0 Å². The summed E-state index contributed by atoms with van der Waals surface area (Å²) in [5, 5.41) is 24.0. The van der Waals surface area contributed by atoms with E-state index in [1.807, 2.05) is 30.3 Å². The maximum absolute atomic E-state index is 12.4. The number of amides is 3. The van der Waals surface area contributed by atoms with E-state index in [1.54, 1.807) is 24.3 Å². The van der Waals surface area contributed by atoms with E-state index >= 15 is 0 Å². The third kappa shape index (κ3) is 9.21. The molecule has 1 atom stereocenters. The number of hydrogen-bond acceptors (Lipinski definition) is 5. The maximum Gasteiger partial charge on any atom is 0.305 e. The van der Waals surface area contributed by atoms with E-state index < -0.39 is 36.2 Å². The van der Waals surface area contributed by atoms with Crippen LogP contribution in [0, 0.1) is 5.41 Å². The number of hydrogen-bond donors (Lipinski definition) is 6. The van der Waals surface area contributed by atoms with Crippen LogP contribution in [0.15, 0.2) is 54.6 Å². The quantitative estimate of drug-likeness (QED) is 0.206. The van der Waals surface area contributed by atoms with Crippen molar-refractivity contribution in [2.24, 2.45) is 5.73 Å². The number of carboxylic acids is 1. The molecule has 3 amide bonds. The van der Waals surface area contributed by atoms with Gasteiger partial charge in [0.05, 0.1) is 6.42 Å². The van der Waals surface area contributed by atoms with Gasteiger partial charge in [0.1, 0.15) is 11.9 Å². The second-order valence-corrected chi connectivity index (χ2v) is 7.28. The van der Waals surface area contributed by atoms with Gasteiger partial charge in [-0.2, -0.15) is 0 Å². The van der Waals surface area contributed by atoms with Crippen LogP contribution in [0.25, 0.3) is 0 Å². The zero-order valence-electron chi connectivity index (χ0n) is 18.0. The molecular formula is C23H27N5O5. The van der Waals surface area contributed by atoms with Gasteiger partial charge in [-0.05, 0) is 36.2 Å². The fourth-order valence-corrected chi connectivity index (χ4v) is 2.93.